The average Bonchev–Trinajstić information content (AvgIpc) is 3.11. The maximum absolute atomic E-state index is 12.5. The number of amides is 1. The minimum absolute atomic E-state index is 0.0249. The van der Waals surface area contributed by atoms with Crippen LogP contribution in [0.25, 0.3) is 0 Å². The maximum atomic E-state index is 12.5. The van der Waals surface area contributed by atoms with E-state index in [2.05, 4.69) is 58.6 Å². The molecule has 0 aliphatic carbocycles. The predicted octanol–water partition coefficient (Wildman–Crippen LogP) is 4.24. The minimum atomic E-state index is -0.357. The van der Waals surface area contributed by atoms with Crippen LogP contribution in [0.4, 0.5) is 0 Å². The predicted molar refractivity (Wildman–Crippen MR) is 105 cm³/mol. The molecule has 0 bridgehead atoms. The van der Waals surface area contributed by atoms with E-state index in [1.807, 2.05) is 29.6 Å². The molecule has 0 radical (unpaired) electrons. The van der Waals surface area contributed by atoms with Gasteiger partial charge in [0.1, 0.15) is 6.54 Å². The van der Waals surface area contributed by atoms with E-state index in [1.54, 1.807) is 11.3 Å². The van der Waals surface area contributed by atoms with Crippen LogP contribution in [0.15, 0.2) is 46.3 Å². The lowest BCUT2D eigenvalue weighted by molar-refractivity contribution is -0.123. The fourth-order valence-electron chi connectivity index (χ4n) is 2.63. The van der Waals surface area contributed by atoms with Crippen molar-refractivity contribution in [2.75, 3.05) is 6.54 Å². The lowest BCUT2D eigenvalue weighted by Crippen LogP contribution is -2.46. The quantitative estimate of drug-likeness (QED) is 0.628. The molecule has 6 heteroatoms. The van der Waals surface area contributed by atoms with Gasteiger partial charge in [-0.2, -0.15) is 5.26 Å². The standard InChI is InChI=1S/C19H22BrN3OS/c1-13(2)12-16(19(24)22-10-9-21)23-18(17-4-3-11-25-17)14-5-7-15(20)8-6-14/h3-8,11,13,16,18,23H,10,12H2,1-2H3,(H,22,24)/t16-,18-/m0/s1. The molecule has 0 fully saturated rings. The van der Waals surface area contributed by atoms with E-state index in [-0.39, 0.29) is 24.5 Å². The van der Waals surface area contributed by atoms with Crippen molar-refractivity contribution in [1.29, 1.82) is 5.26 Å². The highest BCUT2D eigenvalue weighted by Gasteiger charge is 2.25. The van der Waals surface area contributed by atoms with E-state index in [0.717, 1.165) is 14.9 Å². The normalized spacial score (nSPS) is 13.2. The van der Waals surface area contributed by atoms with Gasteiger partial charge in [-0.05, 0) is 41.5 Å². The van der Waals surface area contributed by atoms with Crippen molar-refractivity contribution in [2.45, 2.75) is 32.4 Å². The van der Waals surface area contributed by atoms with Crippen LogP contribution in [0, 0.1) is 17.2 Å². The number of nitriles is 1. The van der Waals surface area contributed by atoms with Crippen molar-refractivity contribution in [3.8, 4) is 6.07 Å². The van der Waals surface area contributed by atoms with Crippen molar-refractivity contribution < 1.29 is 4.79 Å². The van der Waals surface area contributed by atoms with Crippen molar-refractivity contribution in [1.82, 2.24) is 10.6 Å². The van der Waals surface area contributed by atoms with E-state index in [4.69, 9.17) is 5.26 Å². The number of nitrogens with one attached hydrogen (secondary N) is 2. The largest absolute Gasteiger partial charge is 0.342 e. The maximum Gasteiger partial charge on any atom is 0.237 e. The van der Waals surface area contributed by atoms with Gasteiger partial charge in [-0.25, -0.2) is 0 Å². The molecule has 2 aromatic rings. The Bertz CT molecular complexity index is 707. The SMILES string of the molecule is CC(C)C[C@H](N[C@@H](c1ccc(Br)cc1)c1cccs1)C(=O)NCC#N. The molecule has 0 saturated carbocycles. The van der Waals surface area contributed by atoms with Gasteiger partial charge in [0.15, 0.2) is 0 Å². The van der Waals surface area contributed by atoms with Gasteiger partial charge in [-0.15, -0.1) is 11.3 Å². The van der Waals surface area contributed by atoms with Crippen LogP contribution in [-0.2, 0) is 4.79 Å². The van der Waals surface area contributed by atoms with Crippen molar-refractivity contribution in [3.63, 3.8) is 0 Å². The first-order valence-electron chi connectivity index (χ1n) is 8.20. The number of halogens is 1. The second kappa shape index (κ2) is 9.71. The number of nitrogens with zero attached hydrogens (tertiary/aromatic N) is 1. The summed E-state index contributed by atoms with van der Waals surface area (Å²) >= 11 is 5.13. The van der Waals surface area contributed by atoms with Crippen LogP contribution in [0.1, 0.15) is 36.8 Å². The number of thiophene rings is 1. The molecule has 1 aromatic carbocycles. The molecule has 0 unspecified atom stereocenters. The molecule has 0 spiro atoms. The van der Waals surface area contributed by atoms with Crippen LogP contribution < -0.4 is 10.6 Å². The summed E-state index contributed by atoms with van der Waals surface area (Å²) < 4.78 is 1.02. The van der Waals surface area contributed by atoms with Crippen LogP contribution in [0.3, 0.4) is 0 Å². The monoisotopic (exact) mass is 419 g/mol. The summed E-state index contributed by atoms with van der Waals surface area (Å²) in [5.74, 6) is 0.230. The Morgan fingerprint density at radius 3 is 2.56 bits per heavy atom. The number of hydrogen-bond acceptors (Lipinski definition) is 4. The molecule has 25 heavy (non-hydrogen) atoms. The smallest absolute Gasteiger partial charge is 0.237 e. The van der Waals surface area contributed by atoms with Gasteiger partial charge in [-0.3, -0.25) is 10.1 Å². The lowest BCUT2D eigenvalue weighted by Gasteiger charge is -2.26. The molecule has 0 aliphatic rings. The van der Waals surface area contributed by atoms with Gasteiger partial charge in [0, 0.05) is 9.35 Å². The molecule has 2 rings (SSSR count). The fraction of sp³-hybridized carbons (Fsp3) is 0.368. The van der Waals surface area contributed by atoms with E-state index >= 15 is 0 Å². The van der Waals surface area contributed by atoms with Crippen molar-refractivity contribution in [3.05, 3.63) is 56.7 Å². The zero-order valence-corrected chi connectivity index (χ0v) is 16.7. The van der Waals surface area contributed by atoms with Crippen LogP contribution in [0.5, 0.6) is 0 Å². The summed E-state index contributed by atoms with van der Waals surface area (Å²) in [4.78, 5) is 13.7. The highest BCUT2D eigenvalue weighted by Crippen LogP contribution is 2.28. The van der Waals surface area contributed by atoms with E-state index in [9.17, 15) is 4.79 Å². The zero-order chi connectivity index (χ0) is 18.2. The van der Waals surface area contributed by atoms with Crippen molar-refractivity contribution in [2.24, 2.45) is 5.92 Å². The Balaban J connectivity index is 2.27. The molecular weight excluding hydrogens is 398 g/mol. The molecular formula is C19H22BrN3OS. The summed E-state index contributed by atoms with van der Waals surface area (Å²) in [6.07, 6.45) is 0.704. The van der Waals surface area contributed by atoms with Crippen LogP contribution in [-0.4, -0.2) is 18.5 Å². The van der Waals surface area contributed by atoms with Crippen LogP contribution in [0.2, 0.25) is 0 Å². The lowest BCUT2D eigenvalue weighted by atomic mass is 9.99. The first kappa shape index (κ1) is 19.6. The average molecular weight is 420 g/mol. The molecule has 132 valence electrons. The molecule has 1 aromatic heterocycles. The second-order valence-electron chi connectivity index (χ2n) is 6.22. The Hall–Kier alpha value is -1.68. The van der Waals surface area contributed by atoms with Gasteiger partial charge < -0.3 is 5.32 Å². The van der Waals surface area contributed by atoms with E-state index in [0.29, 0.717) is 12.3 Å². The topological polar surface area (TPSA) is 64.9 Å². The third kappa shape index (κ3) is 5.96. The van der Waals surface area contributed by atoms with E-state index in [1.165, 1.54) is 0 Å². The van der Waals surface area contributed by atoms with Gasteiger partial charge in [0.25, 0.3) is 0 Å². The molecule has 0 aliphatic heterocycles. The molecule has 2 atom stereocenters. The number of hydrogen-bond donors (Lipinski definition) is 2. The number of carbonyl (C=O) groups is 1. The third-order valence-electron chi connectivity index (χ3n) is 3.76. The minimum Gasteiger partial charge on any atom is -0.342 e. The molecule has 1 heterocycles. The summed E-state index contributed by atoms with van der Waals surface area (Å²) in [5.41, 5.74) is 1.10. The summed E-state index contributed by atoms with van der Waals surface area (Å²) in [6, 6.07) is 13.8. The molecule has 2 N–H and O–H groups in total. The highest BCUT2D eigenvalue weighted by molar-refractivity contribution is 9.10. The Morgan fingerprint density at radius 1 is 1.28 bits per heavy atom. The van der Waals surface area contributed by atoms with Gasteiger partial charge in [0.05, 0.1) is 18.2 Å². The number of carbonyl (C=O) groups excluding carboxylic acids is 1. The number of benzene rings is 1. The fourth-order valence-corrected chi connectivity index (χ4v) is 3.70. The summed E-state index contributed by atoms with van der Waals surface area (Å²) in [6.45, 7) is 4.20. The van der Waals surface area contributed by atoms with Crippen LogP contribution >= 0.6 is 27.3 Å². The van der Waals surface area contributed by atoms with Gasteiger partial charge in [-0.1, -0.05) is 48.0 Å². The Labute approximate surface area is 161 Å². The Morgan fingerprint density at radius 2 is 2.00 bits per heavy atom. The third-order valence-corrected chi connectivity index (χ3v) is 5.23. The molecule has 0 saturated heterocycles. The summed E-state index contributed by atoms with van der Waals surface area (Å²) in [5, 5.41) is 17.0. The first-order chi connectivity index (χ1) is 12.0. The van der Waals surface area contributed by atoms with Gasteiger partial charge >= 0.3 is 0 Å². The number of rotatable bonds is 8. The first-order valence-corrected chi connectivity index (χ1v) is 9.88. The summed E-state index contributed by atoms with van der Waals surface area (Å²) in [7, 11) is 0. The second-order valence-corrected chi connectivity index (χ2v) is 8.12. The molecule has 1 amide bonds. The zero-order valence-electron chi connectivity index (χ0n) is 14.3. The van der Waals surface area contributed by atoms with E-state index < -0.39 is 0 Å². The Kier molecular flexibility index (Phi) is 7.63. The van der Waals surface area contributed by atoms with Crippen molar-refractivity contribution >= 4 is 33.2 Å². The highest BCUT2D eigenvalue weighted by atomic mass is 79.9. The van der Waals surface area contributed by atoms with Gasteiger partial charge in [0.2, 0.25) is 5.91 Å². The molecule has 4 nitrogen and oxygen atoms in total.